The zero-order chi connectivity index (χ0) is 16.3. The van der Waals surface area contributed by atoms with E-state index in [2.05, 4.69) is 10.6 Å². The minimum absolute atomic E-state index is 0.0481. The third-order valence-corrected chi connectivity index (χ3v) is 6.41. The maximum atomic E-state index is 12.9. The summed E-state index contributed by atoms with van der Waals surface area (Å²) in [5.74, 6) is 3.70. The molecule has 0 atom stereocenters. The molecule has 4 bridgehead atoms. The Morgan fingerprint density at radius 3 is 2.50 bits per heavy atom. The number of fused-ring (bicyclic) bond motifs is 1. The summed E-state index contributed by atoms with van der Waals surface area (Å²) in [6, 6.07) is 5.45. The minimum atomic E-state index is -0.160. The van der Waals surface area contributed by atoms with Gasteiger partial charge in [0.05, 0.1) is 5.69 Å². The van der Waals surface area contributed by atoms with E-state index in [9.17, 15) is 9.59 Å². The van der Waals surface area contributed by atoms with Crippen LogP contribution >= 0.6 is 0 Å². The highest BCUT2D eigenvalue weighted by Crippen LogP contribution is 2.56. The Hall–Kier alpha value is -2.04. The number of ether oxygens (including phenoxy) is 1. The minimum Gasteiger partial charge on any atom is -0.482 e. The normalized spacial score (nSPS) is 35.8. The van der Waals surface area contributed by atoms with Crippen molar-refractivity contribution in [2.24, 2.45) is 29.6 Å². The fourth-order valence-electron chi connectivity index (χ4n) is 5.74. The highest BCUT2D eigenvalue weighted by atomic mass is 16.5. The lowest BCUT2D eigenvalue weighted by atomic mass is 9.51. The average molecular weight is 326 g/mol. The molecule has 4 fully saturated rings. The van der Waals surface area contributed by atoms with Gasteiger partial charge in [-0.3, -0.25) is 9.59 Å². The second-order valence-corrected chi connectivity index (χ2v) is 7.99. The van der Waals surface area contributed by atoms with Crippen molar-refractivity contribution in [2.75, 3.05) is 17.2 Å². The Labute approximate surface area is 141 Å². The Morgan fingerprint density at radius 2 is 1.79 bits per heavy atom. The highest BCUT2D eigenvalue weighted by Gasteiger charge is 2.50. The van der Waals surface area contributed by atoms with Crippen LogP contribution in [0.15, 0.2) is 18.2 Å². The molecule has 5 heteroatoms. The van der Waals surface area contributed by atoms with Gasteiger partial charge in [-0.25, -0.2) is 0 Å². The van der Waals surface area contributed by atoms with Crippen molar-refractivity contribution >= 4 is 23.2 Å². The third kappa shape index (κ3) is 2.29. The van der Waals surface area contributed by atoms with Gasteiger partial charge in [-0.15, -0.1) is 0 Å². The first kappa shape index (κ1) is 14.3. The van der Waals surface area contributed by atoms with E-state index in [0.717, 1.165) is 17.5 Å². The largest absolute Gasteiger partial charge is 0.482 e. The van der Waals surface area contributed by atoms with Crippen LogP contribution < -0.4 is 15.4 Å². The Bertz CT molecular complexity index is 687. The molecule has 126 valence electrons. The number of carbonyl (C=O) groups excluding carboxylic acids is 2. The van der Waals surface area contributed by atoms with E-state index in [4.69, 9.17) is 4.74 Å². The predicted octanol–water partition coefficient (Wildman–Crippen LogP) is 3.03. The molecular weight excluding hydrogens is 304 g/mol. The fraction of sp³-hybridized carbons (Fsp3) is 0.579. The summed E-state index contributed by atoms with van der Waals surface area (Å²) in [6.45, 7) is 0.0481. The van der Waals surface area contributed by atoms with Crippen LogP contribution in [0, 0.1) is 29.6 Å². The molecule has 24 heavy (non-hydrogen) atoms. The van der Waals surface area contributed by atoms with E-state index < -0.39 is 0 Å². The molecule has 5 nitrogen and oxygen atoms in total. The fourth-order valence-corrected chi connectivity index (χ4v) is 5.74. The lowest BCUT2D eigenvalue weighted by molar-refractivity contribution is -0.132. The molecule has 1 aliphatic heterocycles. The molecule has 6 rings (SSSR count). The second kappa shape index (κ2) is 5.23. The monoisotopic (exact) mass is 326 g/mol. The lowest BCUT2D eigenvalue weighted by Gasteiger charge is -2.53. The molecule has 4 saturated carbocycles. The van der Waals surface area contributed by atoms with E-state index in [-0.39, 0.29) is 24.3 Å². The summed E-state index contributed by atoms with van der Waals surface area (Å²) in [5, 5.41) is 5.88. The lowest BCUT2D eigenvalue weighted by Crippen LogP contribution is -2.49. The Kier molecular flexibility index (Phi) is 3.12. The van der Waals surface area contributed by atoms with E-state index in [1.54, 1.807) is 12.1 Å². The molecule has 0 radical (unpaired) electrons. The van der Waals surface area contributed by atoms with E-state index >= 15 is 0 Å². The van der Waals surface area contributed by atoms with Gasteiger partial charge >= 0.3 is 0 Å². The van der Waals surface area contributed by atoms with Gasteiger partial charge < -0.3 is 15.4 Å². The Morgan fingerprint density at radius 1 is 1.08 bits per heavy atom. The van der Waals surface area contributed by atoms with Crippen LogP contribution in [-0.4, -0.2) is 18.4 Å². The van der Waals surface area contributed by atoms with Crippen molar-refractivity contribution in [1.29, 1.82) is 0 Å². The molecule has 0 unspecified atom stereocenters. The first-order chi connectivity index (χ1) is 11.7. The van der Waals surface area contributed by atoms with Gasteiger partial charge in [0.15, 0.2) is 6.61 Å². The summed E-state index contributed by atoms with van der Waals surface area (Å²) < 4.78 is 5.36. The predicted molar refractivity (Wildman–Crippen MR) is 89.7 cm³/mol. The number of hydrogen-bond donors (Lipinski definition) is 2. The van der Waals surface area contributed by atoms with Crippen molar-refractivity contribution < 1.29 is 14.3 Å². The van der Waals surface area contributed by atoms with Crippen molar-refractivity contribution in [3.8, 4) is 5.75 Å². The van der Waals surface area contributed by atoms with Crippen molar-refractivity contribution in [3.05, 3.63) is 18.2 Å². The molecule has 0 spiro atoms. The van der Waals surface area contributed by atoms with Gasteiger partial charge in [0, 0.05) is 11.6 Å². The summed E-state index contributed by atoms with van der Waals surface area (Å²) in [5.41, 5.74) is 1.37. The standard InChI is InChI=1S/C19H22N2O3/c22-17-9-24-16-2-1-14(8-15(16)21-17)20-19(23)18-12-4-10-3-11(6-12)7-13(18)5-10/h1-2,8,10-13,18H,3-7,9H2,(H,20,23)(H,21,22). The number of nitrogens with one attached hydrogen (secondary N) is 2. The van der Waals surface area contributed by atoms with Gasteiger partial charge in [-0.05, 0) is 74.0 Å². The third-order valence-electron chi connectivity index (χ3n) is 6.41. The quantitative estimate of drug-likeness (QED) is 0.878. The summed E-state index contributed by atoms with van der Waals surface area (Å²) in [6.07, 6.45) is 6.34. The van der Waals surface area contributed by atoms with Gasteiger partial charge in [-0.2, -0.15) is 0 Å². The van der Waals surface area contributed by atoms with Crippen LogP contribution in [0.25, 0.3) is 0 Å². The molecule has 5 aliphatic rings. The van der Waals surface area contributed by atoms with Crippen molar-refractivity contribution in [1.82, 2.24) is 0 Å². The first-order valence-electron chi connectivity index (χ1n) is 9.03. The smallest absolute Gasteiger partial charge is 0.262 e. The van der Waals surface area contributed by atoms with Crippen LogP contribution in [0.4, 0.5) is 11.4 Å². The zero-order valence-electron chi connectivity index (χ0n) is 13.6. The maximum absolute atomic E-state index is 12.9. The van der Waals surface area contributed by atoms with E-state index in [0.29, 0.717) is 23.3 Å². The van der Waals surface area contributed by atoms with Gasteiger partial charge in [0.2, 0.25) is 5.91 Å². The van der Waals surface area contributed by atoms with Crippen molar-refractivity contribution in [2.45, 2.75) is 32.1 Å². The highest BCUT2D eigenvalue weighted by molar-refractivity contribution is 5.98. The average Bonchev–Trinajstić information content (AvgIpc) is 2.53. The second-order valence-electron chi connectivity index (χ2n) is 7.99. The molecule has 1 heterocycles. The number of amides is 2. The van der Waals surface area contributed by atoms with Crippen LogP contribution in [0.3, 0.4) is 0 Å². The number of benzene rings is 1. The summed E-state index contributed by atoms with van der Waals surface area (Å²) in [7, 11) is 0. The van der Waals surface area contributed by atoms with Crippen LogP contribution in [0.5, 0.6) is 5.75 Å². The molecule has 0 saturated heterocycles. The first-order valence-corrected chi connectivity index (χ1v) is 9.03. The van der Waals surface area contributed by atoms with Gasteiger partial charge in [0.1, 0.15) is 5.75 Å². The molecule has 1 aromatic rings. The number of hydrogen-bond acceptors (Lipinski definition) is 3. The van der Waals surface area contributed by atoms with E-state index in [1.165, 1.54) is 32.1 Å². The number of anilines is 2. The number of carbonyl (C=O) groups is 2. The Balaban J connectivity index is 1.34. The van der Waals surface area contributed by atoms with Crippen LogP contribution in [-0.2, 0) is 9.59 Å². The molecule has 2 amide bonds. The maximum Gasteiger partial charge on any atom is 0.262 e. The molecule has 1 aromatic carbocycles. The van der Waals surface area contributed by atoms with E-state index in [1.807, 2.05) is 6.07 Å². The van der Waals surface area contributed by atoms with Crippen LogP contribution in [0.2, 0.25) is 0 Å². The molecule has 0 aromatic heterocycles. The molecule has 4 aliphatic carbocycles. The van der Waals surface area contributed by atoms with Gasteiger partial charge in [0.25, 0.3) is 5.91 Å². The molecular formula is C19H22N2O3. The molecule has 2 N–H and O–H groups in total. The number of rotatable bonds is 2. The SMILES string of the molecule is O=C1COc2ccc(NC(=O)C3C4CC5CC(C4)CC3C5)cc2N1. The summed E-state index contributed by atoms with van der Waals surface area (Å²) in [4.78, 5) is 24.4. The van der Waals surface area contributed by atoms with Gasteiger partial charge in [-0.1, -0.05) is 0 Å². The van der Waals surface area contributed by atoms with Crippen molar-refractivity contribution in [3.63, 3.8) is 0 Å². The zero-order valence-corrected chi connectivity index (χ0v) is 13.6. The summed E-state index contributed by atoms with van der Waals surface area (Å²) >= 11 is 0. The topological polar surface area (TPSA) is 67.4 Å². The van der Waals surface area contributed by atoms with Crippen LogP contribution in [0.1, 0.15) is 32.1 Å².